The van der Waals surface area contributed by atoms with Crippen LogP contribution in [0.2, 0.25) is 0 Å². The number of benzene rings is 2. The summed E-state index contributed by atoms with van der Waals surface area (Å²) in [6.07, 6.45) is 2.79. The average Bonchev–Trinajstić information content (AvgIpc) is 2.79. The number of carbonyl (C=O) groups excluding carboxylic acids is 3. The summed E-state index contributed by atoms with van der Waals surface area (Å²) in [5.41, 5.74) is 2.80. The number of para-hydroxylation sites is 1. The molecule has 2 aromatic carbocycles. The van der Waals surface area contributed by atoms with Gasteiger partial charge in [0.2, 0.25) is 0 Å². The van der Waals surface area contributed by atoms with E-state index in [0.29, 0.717) is 23.4 Å². The second-order valence-electron chi connectivity index (χ2n) is 9.71. The molecule has 0 bridgehead atoms. The first-order valence-corrected chi connectivity index (χ1v) is 12.0. The van der Waals surface area contributed by atoms with Crippen molar-refractivity contribution < 1.29 is 23.9 Å². The molecule has 1 aliphatic rings. The number of hydrogen-bond acceptors (Lipinski definition) is 5. The number of anilines is 1. The third kappa shape index (κ3) is 6.25. The van der Waals surface area contributed by atoms with Gasteiger partial charge < -0.3 is 14.8 Å². The molecule has 1 fully saturated rings. The van der Waals surface area contributed by atoms with Crippen LogP contribution in [0.5, 0.6) is 0 Å². The van der Waals surface area contributed by atoms with Crippen molar-refractivity contribution in [2.45, 2.75) is 60.0 Å². The zero-order chi connectivity index (χ0) is 24.8. The third-order valence-corrected chi connectivity index (χ3v) is 6.67. The molecule has 0 aliphatic heterocycles. The maximum atomic E-state index is 13.1. The van der Waals surface area contributed by atoms with Crippen LogP contribution in [0.3, 0.4) is 0 Å². The summed E-state index contributed by atoms with van der Waals surface area (Å²) >= 11 is 0. The molecule has 6 heteroatoms. The van der Waals surface area contributed by atoms with Crippen LogP contribution in [0.4, 0.5) is 5.69 Å². The number of amides is 1. The molecule has 182 valence electrons. The molecule has 1 aliphatic carbocycles. The van der Waals surface area contributed by atoms with Gasteiger partial charge in [-0.05, 0) is 67.7 Å². The number of rotatable bonds is 7. The van der Waals surface area contributed by atoms with Gasteiger partial charge in [-0.25, -0.2) is 9.59 Å². The second kappa shape index (κ2) is 11.3. The Labute approximate surface area is 202 Å². The maximum absolute atomic E-state index is 13.1. The zero-order valence-electron chi connectivity index (χ0n) is 20.7. The first-order valence-electron chi connectivity index (χ1n) is 12.0. The van der Waals surface area contributed by atoms with E-state index in [9.17, 15) is 14.4 Å². The largest absolute Gasteiger partial charge is 0.458 e. The van der Waals surface area contributed by atoms with Crippen LogP contribution < -0.4 is 5.32 Å². The van der Waals surface area contributed by atoms with Crippen LogP contribution in [0.15, 0.2) is 42.5 Å². The van der Waals surface area contributed by atoms with E-state index in [1.807, 2.05) is 32.0 Å². The number of ether oxygens (including phenoxy) is 2. The summed E-state index contributed by atoms with van der Waals surface area (Å²) < 4.78 is 11.2. The summed E-state index contributed by atoms with van der Waals surface area (Å²) in [6, 6.07) is 12.1. The first-order chi connectivity index (χ1) is 16.2. The lowest BCUT2D eigenvalue weighted by atomic mass is 9.75. The van der Waals surface area contributed by atoms with Crippen molar-refractivity contribution in [2.24, 2.45) is 17.8 Å². The molecule has 3 atom stereocenters. The zero-order valence-corrected chi connectivity index (χ0v) is 20.7. The van der Waals surface area contributed by atoms with Crippen LogP contribution in [0, 0.1) is 31.6 Å². The highest BCUT2D eigenvalue weighted by atomic mass is 16.5. The van der Waals surface area contributed by atoms with E-state index in [0.717, 1.165) is 30.4 Å². The molecule has 1 saturated carbocycles. The van der Waals surface area contributed by atoms with Crippen molar-refractivity contribution in [3.63, 3.8) is 0 Å². The second-order valence-corrected chi connectivity index (χ2v) is 9.71. The van der Waals surface area contributed by atoms with E-state index in [2.05, 4.69) is 26.1 Å². The van der Waals surface area contributed by atoms with Gasteiger partial charge >= 0.3 is 11.9 Å². The van der Waals surface area contributed by atoms with Gasteiger partial charge in [0.1, 0.15) is 6.10 Å². The Bertz CT molecular complexity index is 1020. The predicted molar refractivity (Wildman–Crippen MR) is 132 cm³/mol. The SMILES string of the molecule is Cc1cccc(C)c1NC(=O)COC(=O)c1ccccc1C(=O)O[C@@H]1C[C@H](C)CC[C@@H]1C(C)C. The lowest BCUT2D eigenvalue weighted by Crippen LogP contribution is -2.36. The van der Waals surface area contributed by atoms with Crippen molar-refractivity contribution in [3.8, 4) is 0 Å². The molecular weight excluding hydrogens is 430 g/mol. The minimum absolute atomic E-state index is 0.0947. The van der Waals surface area contributed by atoms with E-state index in [1.54, 1.807) is 18.2 Å². The Kier molecular flexibility index (Phi) is 8.48. The fourth-order valence-electron chi connectivity index (χ4n) is 4.69. The van der Waals surface area contributed by atoms with Gasteiger partial charge in [-0.2, -0.15) is 0 Å². The number of nitrogens with one attached hydrogen (secondary N) is 1. The van der Waals surface area contributed by atoms with E-state index < -0.39 is 24.5 Å². The summed E-state index contributed by atoms with van der Waals surface area (Å²) in [7, 11) is 0. The molecular formula is C28H35NO5. The Morgan fingerprint density at radius 3 is 2.18 bits per heavy atom. The molecule has 0 saturated heterocycles. The summed E-state index contributed by atoms with van der Waals surface area (Å²) in [5, 5.41) is 2.79. The van der Waals surface area contributed by atoms with E-state index >= 15 is 0 Å². The minimum Gasteiger partial charge on any atom is -0.458 e. The van der Waals surface area contributed by atoms with Crippen LogP contribution in [-0.4, -0.2) is 30.6 Å². The average molecular weight is 466 g/mol. The Balaban J connectivity index is 1.66. The third-order valence-electron chi connectivity index (χ3n) is 6.67. The molecule has 2 aromatic rings. The van der Waals surface area contributed by atoms with Gasteiger partial charge in [-0.15, -0.1) is 0 Å². The number of carbonyl (C=O) groups is 3. The standard InChI is InChI=1S/C28H35NO5/c1-17(2)21-14-13-18(3)15-24(21)34-28(32)23-12-7-6-11-22(23)27(31)33-16-25(30)29-26-19(4)9-8-10-20(26)5/h6-12,17-18,21,24H,13-16H2,1-5H3,(H,29,30)/t18-,21-,24-/m1/s1. The number of hydrogen-bond donors (Lipinski definition) is 1. The molecule has 0 unspecified atom stereocenters. The molecule has 1 amide bonds. The van der Waals surface area contributed by atoms with Gasteiger partial charge in [0.25, 0.3) is 5.91 Å². The molecule has 0 aromatic heterocycles. The molecule has 0 radical (unpaired) electrons. The van der Waals surface area contributed by atoms with Crippen molar-refractivity contribution in [2.75, 3.05) is 11.9 Å². The molecule has 0 heterocycles. The lowest BCUT2D eigenvalue weighted by molar-refractivity contribution is -0.119. The van der Waals surface area contributed by atoms with Gasteiger partial charge in [-0.3, -0.25) is 4.79 Å². The van der Waals surface area contributed by atoms with E-state index in [-0.39, 0.29) is 17.2 Å². The lowest BCUT2D eigenvalue weighted by Gasteiger charge is -2.36. The Morgan fingerprint density at radius 2 is 1.56 bits per heavy atom. The van der Waals surface area contributed by atoms with Crippen molar-refractivity contribution in [1.82, 2.24) is 0 Å². The highest BCUT2D eigenvalue weighted by molar-refractivity contribution is 6.04. The number of esters is 2. The summed E-state index contributed by atoms with van der Waals surface area (Å²) in [4.78, 5) is 38.2. The van der Waals surface area contributed by atoms with Crippen molar-refractivity contribution in [3.05, 3.63) is 64.7 Å². The summed E-state index contributed by atoms with van der Waals surface area (Å²) in [6.45, 7) is 9.81. The van der Waals surface area contributed by atoms with Gasteiger partial charge in [-0.1, -0.05) is 57.5 Å². The van der Waals surface area contributed by atoms with Crippen molar-refractivity contribution >= 4 is 23.5 Å². The van der Waals surface area contributed by atoms with Gasteiger partial charge in [0.05, 0.1) is 11.1 Å². The van der Waals surface area contributed by atoms with Crippen LogP contribution >= 0.6 is 0 Å². The first kappa shape index (κ1) is 25.5. The number of aryl methyl sites for hydroxylation is 2. The predicted octanol–water partition coefficient (Wildman–Crippen LogP) is 5.72. The van der Waals surface area contributed by atoms with E-state index in [4.69, 9.17) is 9.47 Å². The fourth-order valence-corrected chi connectivity index (χ4v) is 4.69. The van der Waals surface area contributed by atoms with Crippen molar-refractivity contribution in [1.29, 1.82) is 0 Å². The van der Waals surface area contributed by atoms with Gasteiger partial charge in [0.15, 0.2) is 6.61 Å². The quantitative estimate of drug-likeness (QED) is 0.529. The monoisotopic (exact) mass is 465 g/mol. The highest BCUT2D eigenvalue weighted by Crippen LogP contribution is 2.36. The molecule has 6 nitrogen and oxygen atoms in total. The fraction of sp³-hybridized carbons (Fsp3) is 0.464. The van der Waals surface area contributed by atoms with Crippen LogP contribution in [0.25, 0.3) is 0 Å². The summed E-state index contributed by atoms with van der Waals surface area (Å²) in [5.74, 6) is -0.516. The molecule has 3 rings (SSSR count). The van der Waals surface area contributed by atoms with Gasteiger partial charge in [0, 0.05) is 5.69 Å². The van der Waals surface area contributed by atoms with E-state index in [1.165, 1.54) is 6.07 Å². The molecule has 1 N–H and O–H groups in total. The molecule has 0 spiro atoms. The van der Waals surface area contributed by atoms with Crippen LogP contribution in [-0.2, 0) is 14.3 Å². The Hall–Kier alpha value is -3.15. The highest BCUT2D eigenvalue weighted by Gasteiger charge is 2.34. The topological polar surface area (TPSA) is 81.7 Å². The molecule has 34 heavy (non-hydrogen) atoms. The normalized spacial score (nSPS) is 20.0. The van der Waals surface area contributed by atoms with Crippen LogP contribution in [0.1, 0.15) is 71.9 Å². The minimum atomic E-state index is -0.735. The Morgan fingerprint density at radius 1 is 0.941 bits per heavy atom. The maximum Gasteiger partial charge on any atom is 0.339 e. The smallest absolute Gasteiger partial charge is 0.339 e.